The number of rotatable bonds is 6. The Morgan fingerprint density at radius 1 is 1.23 bits per heavy atom. The number of hydrogen-bond donors (Lipinski definition) is 2. The highest BCUT2D eigenvalue weighted by atomic mass is 35.5. The van der Waals surface area contributed by atoms with E-state index >= 15 is 0 Å². The second-order valence-electron chi connectivity index (χ2n) is 8.70. The van der Waals surface area contributed by atoms with E-state index in [0.717, 1.165) is 37.6 Å². The number of hydrogen-bond acceptors (Lipinski definition) is 8. The number of fused-ring (bicyclic) bond motifs is 2. The van der Waals surface area contributed by atoms with Gasteiger partial charge < -0.3 is 24.7 Å². The number of pyridine rings is 2. The highest BCUT2D eigenvalue weighted by molar-refractivity contribution is 5.94. The Balaban J connectivity index is 0.00000289. The molecule has 4 heterocycles. The molecule has 0 spiro atoms. The van der Waals surface area contributed by atoms with Crippen LogP contribution < -0.4 is 25.7 Å². The predicted octanol–water partition coefficient (Wildman–Crippen LogP) is 2.34. The molecular formula is C23H26ClFN6O4. The lowest BCUT2D eigenvalue weighted by atomic mass is 9.86. The smallest absolute Gasteiger partial charge is 0.262 e. The molecule has 1 fully saturated rings. The van der Waals surface area contributed by atoms with Gasteiger partial charge in [0.2, 0.25) is 0 Å². The summed E-state index contributed by atoms with van der Waals surface area (Å²) in [7, 11) is 1.59. The Hall–Kier alpha value is -3.31. The molecule has 1 saturated carbocycles. The van der Waals surface area contributed by atoms with Crippen molar-refractivity contribution in [3.05, 3.63) is 46.3 Å². The first-order valence-electron chi connectivity index (χ1n) is 11.3. The minimum Gasteiger partial charge on any atom is -0.488 e. The molecule has 1 aliphatic carbocycles. The molecule has 12 heteroatoms. The molecule has 35 heavy (non-hydrogen) atoms. The number of aryl methyl sites for hydroxylation is 1. The molecule has 1 aliphatic heterocycles. The lowest BCUT2D eigenvalue weighted by Crippen LogP contribution is -2.34. The molecule has 2 aliphatic rings. The lowest BCUT2D eigenvalue weighted by Gasteiger charge is -2.29. The maximum atomic E-state index is 14.5. The van der Waals surface area contributed by atoms with Gasteiger partial charge in [0.1, 0.15) is 11.2 Å². The van der Waals surface area contributed by atoms with E-state index in [9.17, 15) is 14.0 Å². The Bertz CT molecular complexity index is 1290. The monoisotopic (exact) mass is 504 g/mol. The third-order valence-electron chi connectivity index (χ3n) is 6.35. The molecule has 3 aromatic rings. The van der Waals surface area contributed by atoms with Crippen LogP contribution in [0.25, 0.3) is 11.0 Å². The van der Waals surface area contributed by atoms with Gasteiger partial charge in [0.05, 0.1) is 24.0 Å². The van der Waals surface area contributed by atoms with Crippen molar-refractivity contribution >= 4 is 35.0 Å². The van der Waals surface area contributed by atoms with Gasteiger partial charge >= 0.3 is 0 Å². The summed E-state index contributed by atoms with van der Waals surface area (Å²) in [6.45, 7) is 0.862. The van der Waals surface area contributed by atoms with E-state index in [-0.39, 0.29) is 42.1 Å². The molecule has 1 amide bonds. The van der Waals surface area contributed by atoms with E-state index in [1.165, 1.54) is 10.6 Å². The van der Waals surface area contributed by atoms with E-state index in [4.69, 9.17) is 9.47 Å². The van der Waals surface area contributed by atoms with Gasteiger partial charge in [0, 0.05) is 25.7 Å². The average molecular weight is 505 g/mol. The number of anilines is 1. The quantitative estimate of drug-likeness (QED) is 0.525. The average Bonchev–Trinajstić information content (AvgIpc) is 2.85. The van der Waals surface area contributed by atoms with Crippen LogP contribution in [0, 0.1) is 11.7 Å². The van der Waals surface area contributed by atoms with Crippen molar-refractivity contribution in [2.45, 2.75) is 38.3 Å². The molecule has 0 radical (unpaired) electrons. The zero-order valence-corrected chi connectivity index (χ0v) is 19.9. The zero-order valence-electron chi connectivity index (χ0n) is 19.1. The third-order valence-corrected chi connectivity index (χ3v) is 6.35. The minimum atomic E-state index is -0.572. The number of carbonyl (C=O) groups is 1. The topological polar surface area (TPSA) is 120 Å². The summed E-state index contributed by atoms with van der Waals surface area (Å²) < 4.78 is 27.0. The molecule has 5 rings (SSSR count). The molecule has 0 atom stereocenters. The molecule has 10 nitrogen and oxygen atoms in total. The summed E-state index contributed by atoms with van der Waals surface area (Å²) in [4.78, 5) is 27.5. The van der Waals surface area contributed by atoms with Gasteiger partial charge in [-0.3, -0.25) is 14.6 Å². The van der Waals surface area contributed by atoms with Crippen LogP contribution in [0.3, 0.4) is 0 Å². The fourth-order valence-electron chi connectivity index (χ4n) is 4.44. The molecule has 3 aromatic heterocycles. The molecule has 186 valence electrons. The Labute approximate surface area is 206 Å². The Morgan fingerprint density at radius 2 is 2.03 bits per heavy atom. The van der Waals surface area contributed by atoms with Gasteiger partial charge in [0.15, 0.2) is 18.2 Å². The third kappa shape index (κ3) is 5.35. The number of amides is 1. The van der Waals surface area contributed by atoms with E-state index in [1.807, 2.05) is 0 Å². The van der Waals surface area contributed by atoms with E-state index in [2.05, 4.69) is 25.8 Å². The molecule has 0 unspecified atom stereocenters. The number of halogens is 2. The number of aromatic nitrogens is 4. The molecule has 2 N–H and O–H groups in total. The van der Waals surface area contributed by atoms with Crippen molar-refractivity contribution < 1.29 is 18.7 Å². The van der Waals surface area contributed by atoms with Crippen molar-refractivity contribution in [3.8, 4) is 11.6 Å². The van der Waals surface area contributed by atoms with Crippen molar-refractivity contribution in [3.63, 3.8) is 0 Å². The standard InChI is InChI=1S/C23H25FN6O4.ClH/c1-30-20(32)7-6-17-21(30)22(16(24)10-26-17)33-11-13-2-4-14(5-3-13)25-9-15-8-18-23(29-28-15)34-12-19(31)27-18;/h6-8,10,13-14,25H,2-5,9,11-12H2,1H3,(H,27,31);1H. The van der Waals surface area contributed by atoms with Crippen LogP contribution in [-0.4, -0.2) is 44.9 Å². The van der Waals surface area contributed by atoms with E-state index in [0.29, 0.717) is 41.8 Å². The van der Waals surface area contributed by atoms with Gasteiger partial charge in [-0.15, -0.1) is 17.5 Å². The highest BCUT2D eigenvalue weighted by Crippen LogP contribution is 2.30. The molecule has 0 saturated heterocycles. The van der Waals surface area contributed by atoms with E-state index in [1.54, 1.807) is 19.2 Å². The first-order valence-corrected chi connectivity index (χ1v) is 11.3. The van der Waals surface area contributed by atoms with Crippen LogP contribution in [0.2, 0.25) is 0 Å². The Morgan fingerprint density at radius 3 is 2.83 bits per heavy atom. The maximum Gasteiger partial charge on any atom is 0.262 e. The number of carbonyl (C=O) groups excluding carboxylic acids is 1. The summed E-state index contributed by atoms with van der Waals surface area (Å²) in [6, 6.07) is 5.08. The first kappa shape index (κ1) is 24.8. The second kappa shape index (κ2) is 10.5. The fourth-order valence-corrected chi connectivity index (χ4v) is 4.44. The van der Waals surface area contributed by atoms with Crippen molar-refractivity contribution in [1.82, 2.24) is 25.1 Å². The second-order valence-corrected chi connectivity index (χ2v) is 8.70. The minimum absolute atomic E-state index is 0. The zero-order chi connectivity index (χ0) is 23.7. The normalized spacial score (nSPS) is 19.3. The highest BCUT2D eigenvalue weighted by Gasteiger charge is 2.24. The van der Waals surface area contributed by atoms with Gasteiger partial charge in [-0.25, -0.2) is 4.39 Å². The van der Waals surface area contributed by atoms with Crippen LogP contribution in [-0.2, 0) is 18.4 Å². The van der Waals surface area contributed by atoms with Crippen molar-refractivity contribution in [1.29, 1.82) is 0 Å². The summed E-state index contributed by atoms with van der Waals surface area (Å²) in [5.41, 5.74) is 1.91. The molecule has 0 aromatic carbocycles. The summed E-state index contributed by atoms with van der Waals surface area (Å²) >= 11 is 0. The van der Waals surface area contributed by atoms with Gasteiger partial charge in [-0.2, -0.15) is 5.10 Å². The van der Waals surface area contributed by atoms with Gasteiger partial charge in [-0.1, -0.05) is 0 Å². The lowest BCUT2D eigenvalue weighted by molar-refractivity contribution is -0.118. The van der Waals surface area contributed by atoms with Crippen molar-refractivity contribution in [2.24, 2.45) is 13.0 Å². The summed E-state index contributed by atoms with van der Waals surface area (Å²) in [5.74, 6) is -0.0780. The van der Waals surface area contributed by atoms with Crippen molar-refractivity contribution in [2.75, 3.05) is 18.5 Å². The van der Waals surface area contributed by atoms with Gasteiger partial charge in [-0.05, 0) is 43.7 Å². The molecule has 0 bridgehead atoms. The Kier molecular flexibility index (Phi) is 7.46. The fraction of sp³-hybridized carbons (Fsp3) is 0.435. The van der Waals surface area contributed by atoms with Crippen LogP contribution in [0.15, 0.2) is 29.2 Å². The number of nitrogens with one attached hydrogen (secondary N) is 2. The SMILES string of the molecule is Cl.Cn1c(=O)ccc2ncc(F)c(OCC3CCC(NCc4cc5c(nn4)OCC(=O)N5)CC3)c21. The van der Waals surface area contributed by atoms with E-state index < -0.39 is 5.82 Å². The summed E-state index contributed by atoms with van der Waals surface area (Å²) in [5, 5.41) is 14.4. The van der Waals surface area contributed by atoms with Crippen LogP contribution >= 0.6 is 12.4 Å². The first-order chi connectivity index (χ1) is 16.5. The van der Waals surface area contributed by atoms with Gasteiger partial charge in [0.25, 0.3) is 17.3 Å². The summed E-state index contributed by atoms with van der Waals surface area (Å²) in [6.07, 6.45) is 4.89. The number of nitrogens with zero attached hydrogens (tertiary/aromatic N) is 4. The maximum absolute atomic E-state index is 14.5. The number of ether oxygens (including phenoxy) is 2. The largest absolute Gasteiger partial charge is 0.488 e. The molecular weight excluding hydrogens is 479 g/mol. The van der Waals surface area contributed by atoms with Crippen LogP contribution in [0.4, 0.5) is 10.1 Å². The van der Waals surface area contributed by atoms with Crippen LogP contribution in [0.1, 0.15) is 31.4 Å². The van der Waals surface area contributed by atoms with Crippen LogP contribution in [0.5, 0.6) is 11.6 Å². The predicted molar refractivity (Wildman–Crippen MR) is 128 cm³/mol.